The molecule has 0 aliphatic rings. The molecular weight excluding hydrogens is 198 g/mol. The first-order chi connectivity index (χ1) is 6.91. The zero-order valence-electron chi connectivity index (χ0n) is 9.31. The van der Waals surface area contributed by atoms with Gasteiger partial charge in [-0.15, -0.1) is 0 Å². The third kappa shape index (κ3) is 1.68. The van der Waals surface area contributed by atoms with Crippen molar-refractivity contribution in [3.63, 3.8) is 0 Å². The Morgan fingerprint density at radius 1 is 1.20 bits per heavy atom. The van der Waals surface area contributed by atoms with Gasteiger partial charge in [-0.2, -0.15) is 0 Å². The molecule has 84 valence electrons. The summed E-state index contributed by atoms with van der Waals surface area (Å²) in [7, 11) is 6.39. The predicted molar refractivity (Wildman–Crippen MR) is 57.2 cm³/mol. The van der Waals surface area contributed by atoms with Gasteiger partial charge in [-0.1, -0.05) is 0 Å². The van der Waals surface area contributed by atoms with Crippen molar-refractivity contribution >= 4 is 5.82 Å². The van der Waals surface area contributed by atoms with E-state index in [-0.39, 0.29) is 12.2 Å². The second kappa shape index (κ2) is 3.90. The van der Waals surface area contributed by atoms with Crippen LogP contribution in [0.1, 0.15) is 5.56 Å². The molecule has 0 saturated heterocycles. The van der Waals surface area contributed by atoms with E-state index in [0.717, 1.165) is 4.57 Å². The Kier molecular flexibility index (Phi) is 2.99. The predicted octanol–water partition coefficient (Wildman–Crippen LogP) is -1.36. The van der Waals surface area contributed by atoms with Gasteiger partial charge in [0.2, 0.25) is 0 Å². The number of aliphatic hydroxyl groups excluding tert-OH is 1. The highest BCUT2D eigenvalue weighted by molar-refractivity contribution is 5.44. The van der Waals surface area contributed by atoms with Crippen LogP contribution in [0.3, 0.4) is 0 Å². The van der Waals surface area contributed by atoms with Crippen molar-refractivity contribution in [3.8, 4) is 0 Å². The minimum atomic E-state index is -0.454. The Morgan fingerprint density at radius 2 is 1.73 bits per heavy atom. The number of rotatable bonds is 2. The topological polar surface area (TPSA) is 67.5 Å². The molecule has 0 bridgehead atoms. The number of hydrogen-bond acceptors (Lipinski definition) is 4. The van der Waals surface area contributed by atoms with E-state index >= 15 is 0 Å². The Hall–Kier alpha value is -1.56. The molecule has 0 unspecified atom stereocenters. The number of hydrogen-bond donors (Lipinski definition) is 1. The first-order valence-electron chi connectivity index (χ1n) is 4.48. The molecule has 6 heteroatoms. The second-order valence-corrected chi connectivity index (χ2v) is 3.56. The molecule has 1 aromatic rings. The van der Waals surface area contributed by atoms with Crippen LogP contribution in [0.4, 0.5) is 5.82 Å². The summed E-state index contributed by atoms with van der Waals surface area (Å²) in [6.45, 7) is -0.381. The van der Waals surface area contributed by atoms with E-state index in [9.17, 15) is 9.59 Å². The van der Waals surface area contributed by atoms with E-state index in [1.807, 2.05) is 0 Å². The highest BCUT2D eigenvalue weighted by atomic mass is 16.3. The molecule has 0 saturated carbocycles. The average Bonchev–Trinajstić information content (AvgIpc) is 2.19. The molecule has 0 fully saturated rings. The van der Waals surface area contributed by atoms with Crippen LogP contribution in [0.5, 0.6) is 0 Å². The van der Waals surface area contributed by atoms with Gasteiger partial charge < -0.3 is 10.0 Å². The van der Waals surface area contributed by atoms with Crippen molar-refractivity contribution in [2.24, 2.45) is 14.1 Å². The number of nitrogens with zero attached hydrogens (tertiary/aromatic N) is 3. The van der Waals surface area contributed by atoms with E-state index in [0.29, 0.717) is 5.82 Å². The van der Waals surface area contributed by atoms with Crippen molar-refractivity contribution < 1.29 is 5.11 Å². The maximum atomic E-state index is 11.7. The first-order valence-corrected chi connectivity index (χ1v) is 4.48. The minimum Gasteiger partial charge on any atom is -0.391 e. The molecule has 0 amide bonds. The van der Waals surface area contributed by atoms with Crippen molar-refractivity contribution in [1.82, 2.24) is 9.13 Å². The van der Waals surface area contributed by atoms with Gasteiger partial charge in [0, 0.05) is 28.2 Å². The molecule has 0 aromatic carbocycles. The largest absolute Gasteiger partial charge is 0.391 e. The maximum Gasteiger partial charge on any atom is 0.332 e. The summed E-state index contributed by atoms with van der Waals surface area (Å²) in [6.07, 6.45) is 0. The molecule has 0 aliphatic heterocycles. The van der Waals surface area contributed by atoms with Gasteiger partial charge in [-0.25, -0.2) is 4.79 Å². The normalized spacial score (nSPS) is 10.5. The maximum absolute atomic E-state index is 11.7. The van der Waals surface area contributed by atoms with Crippen LogP contribution in [0.2, 0.25) is 0 Å². The fourth-order valence-electron chi connectivity index (χ4n) is 1.61. The van der Waals surface area contributed by atoms with Crippen LogP contribution in [0.15, 0.2) is 9.59 Å². The van der Waals surface area contributed by atoms with Crippen molar-refractivity contribution in [2.75, 3.05) is 19.0 Å². The van der Waals surface area contributed by atoms with Crippen LogP contribution in [0, 0.1) is 0 Å². The zero-order valence-corrected chi connectivity index (χ0v) is 9.31. The first kappa shape index (κ1) is 11.5. The van der Waals surface area contributed by atoms with Crippen LogP contribution in [-0.4, -0.2) is 28.3 Å². The molecule has 0 atom stereocenters. The quantitative estimate of drug-likeness (QED) is 0.659. The number of aliphatic hydroxyl groups is 1. The van der Waals surface area contributed by atoms with Gasteiger partial charge in [-0.05, 0) is 0 Å². The fraction of sp³-hybridized carbons (Fsp3) is 0.556. The summed E-state index contributed by atoms with van der Waals surface area (Å²) < 4.78 is 2.32. The fourth-order valence-corrected chi connectivity index (χ4v) is 1.61. The van der Waals surface area contributed by atoms with E-state index in [4.69, 9.17) is 5.11 Å². The number of anilines is 1. The van der Waals surface area contributed by atoms with Gasteiger partial charge in [0.25, 0.3) is 5.56 Å². The average molecular weight is 213 g/mol. The lowest BCUT2D eigenvalue weighted by Crippen LogP contribution is -2.41. The third-order valence-corrected chi connectivity index (χ3v) is 2.31. The summed E-state index contributed by atoms with van der Waals surface area (Å²) >= 11 is 0. The Labute approximate surface area is 87.0 Å². The van der Waals surface area contributed by atoms with Crippen molar-refractivity contribution in [3.05, 3.63) is 26.4 Å². The standard InChI is InChI=1S/C9H15N3O3/c1-10(2)7-6(5-13)8(14)12(4)9(15)11(7)3/h13H,5H2,1-4H3. The molecular formula is C9H15N3O3. The Morgan fingerprint density at radius 3 is 2.13 bits per heavy atom. The van der Waals surface area contributed by atoms with Gasteiger partial charge >= 0.3 is 5.69 Å². The van der Waals surface area contributed by atoms with E-state index in [1.54, 1.807) is 26.0 Å². The van der Waals surface area contributed by atoms with E-state index < -0.39 is 11.2 Å². The zero-order chi connectivity index (χ0) is 11.7. The van der Waals surface area contributed by atoms with Gasteiger partial charge in [0.15, 0.2) is 0 Å². The summed E-state index contributed by atoms with van der Waals surface area (Å²) in [6, 6.07) is 0. The lowest BCUT2D eigenvalue weighted by molar-refractivity contribution is 0.278. The summed E-state index contributed by atoms with van der Waals surface area (Å²) in [5, 5.41) is 9.13. The van der Waals surface area contributed by atoms with E-state index in [1.165, 1.54) is 11.6 Å². The van der Waals surface area contributed by atoms with Gasteiger partial charge in [0.1, 0.15) is 5.82 Å². The minimum absolute atomic E-state index is 0.226. The summed E-state index contributed by atoms with van der Waals surface area (Å²) in [5.74, 6) is 0.436. The molecule has 1 aromatic heterocycles. The molecule has 6 nitrogen and oxygen atoms in total. The Bertz CT molecular complexity index is 485. The molecule has 15 heavy (non-hydrogen) atoms. The van der Waals surface area contributed by atoms with Gasteiger partial charge in [0.05, 0.1) is 12.2 Å². The highest BCUT2D eigenvalue weighted by Crippen LogP contribution is 2.10. The Balaban J connectivity index is 3.79. The highest BCUT2D eigenvalue weighted by Gasteiger charge is 2.15. The molecule has 0 spiro atoms. The van der Waals surface area contributed by atoms with Gasteiger partial charge in [-0.3, -0.25) is 13.9 Å². The van der Waals surface area contributed by atoms with Crippen molar-refractivity contribution in [1.29, 1.82) is 0 Å². The van der Waals surface area contributed by atoms with Crippen LogP contribution < -0.4 is 16.1 Å². The second-order valence-electron chi connectivity index (χ2n) is 3.56. The third-order valence-electron chi connectivity index (χ3n) is 2.31. The molecule has 1 N–H and O–H groups in total. The summed E-state index contributed by atoms with van der Waals surface area (Å²) in [5.41, 5.74) is -0.630. The lowest BCUT2D eigenvalue weighted by Gasteiger charge is -2.20. The van der Waals surface area contributed by atoms with Crippen LogP contribution in [0.25, 0.3) is 0 Å². The molecule has 1 rings (SSSR count). The molecule has 0 radical (unpaired) electrons. The number of aromatic nitrogens is 2. The summed E-state index contributed by atoms with van der Waals surface area (Å²) in [4.78, 5) is 24.9. The monoisotopic (exact) mass is 213 g/mol. The lowest BCUT2D eigenvalue weighted by atomic mass is 10.3. The molecule has 1 heterocycles. The van der Waals surface area contributed by atoms with Crippen LogP contribution >= 0.6 is 0 Å². The SMILES string of the molecule is CN(C)c1c(CO)c(=O)n(C)c(=O)n1C. The van der Waals surface area contributed by atoms with E-state index in [2.05, 4.69) is 0 Å². The van der Waals surface area contributed by atoms with Crippen molar-refractivity contribution in [2.45, 2.75) is 6.61 Å². The van der Waals surface area contributed by atoms with Crippen LogP contribution in [-0.2, 0) is 20.7 Å². The molecule has 0 aliphatic carbocycles. The smallest absolute Gasteiger partial charge is 0.332 e.